The van der Waals surface area contributed by atoms with E-state index in [1.807, 2.05) is 0 Å². The van der Waals surface area contributed by atoms with Gasteiger partial charge >= 0.3 is 0 Å². The molecule has 0 spiro atoms. The molecule has 3 nitrogen and oxygen atoms in total. The number of rotatable bonds is 1. The lowest BCUT2D eigenvalue weighted by Gasteiger charge is -2.22. The summed E-state index contributed by atoms with van der Waals surface area (Å²) in [5, 5.41) is 10.9. The number of aromatic nitrogens is 2. The van der Waals surface area contributed by atoms with Gasteiger partial charge in [0.15, 0.2) is 5.82 Å². The summed E-state index contributed by atoms with van der Waals surface area (Å²) in [6, 6.07) is 0. The Morgan fingerprint density at radius 1 is 1.21 bits per heavy atom. The van der Waals surface area contributed by atoms with Crippen molar-refractivity contribution < 1.29 is 0 Å². The predicted molar refractivity (Wildman–Crippen MR) is 58.6 cm³/mol. The van der Waals surface area contributed by atoms with Crippen LogP contribution in [0.2, 0.25) is 0 Å². The lowest BCUT2D eigenvalue weighted by atomic mass is 9.97. The molecule has 14 heavy (non-hydrogen) atoms. The molecule has 0 amide bonds. The highest BCUT2D eigenvalue weighted by molar-refractivity contribution is 5.49. The average molecular weight is 193 g/mol. The molecule has 0 unspecified atom stereocenters. The Kier molecular flexibility index (Phi) is 2.25. The van der Waals surface area contributed by atoms with Crippen molar-refractivity contribution in [2.45, 2.75) is 52.0 Å². The third kappa shape index (κ3) is 1.91. The first-order valence-electron chi connectivity index (χ1n) is 5.40. The van der Waals surface area contributed by atoms with Crippen LogP contribution in [-0.2, 0) is 12.8 Å². The molecule has 78 valence electrons. The van der Waals surface area contributed by atoms with E-state index >= 15 is 0 Å². The van der Waals surface area contributed by atoms with Gasteiger partial charge in [0.2, 0.25) is 0 Å². The van der Waals surface area contributed by atoms with Gasteiger partial charge < -0.3 is 5.32 Å². The normalized spacial score (nSPS) is 16.5. The minimum absolute atomic E-state index is 0.0976. The van der Waals surface area contributed by atoms with Crippen LogP contribution in [0.1, 0.15) is 44.9 Å². The molecule has 0 radical (unpaired) electrons. The van der Waals surface area contributed by atoms with E-state index in [-0.39, 0.29) is 5.54 Å². The molecule has 0 aliphatic heterocycles. The number of hydrogen-bond donors (Lipinski definition) is 2. The molecule has 3 heteroatoms. The van der Waals surface area contributed by atoms with Gasteiger partial charge in [-0.3, -0.25) is 5.10 Å². The lowest BCUT2D eigenvalue weighted by molar-refractivity contribution is 0.626. The standard InChI is InChI=1S/C11H19N3/c1-11(2,3)12-10-8-6-4-5-7-9(8)13-14-10/h4-7H2,1-3H3,(H2,12,13,14). The number of anilines is 1. The van der Waals surface area contributed by atoms with Gasteiger partial charge in [0.25, 0.3) is 0 Å². The molecule has 0 bridgehead atoms. The summed E-state index contributed by atoms with van der Waals surface area (Å²) in [6.45, 7) is 6.49. The Morgan fingerprint density at radius 3 is 2.64 bits per heavy atom. The fourth-order valence-electron chi connectivity index (χ4n) is 1.94. The Hall–Kier alpha value is -0.990. The predicted octanol–water partition coefficient (Wildman–Crippen LogP) is 2.50. The maximum absolute atomic E-state index is 4.35. The summed E-state index contributed by atoms with van der Waals surface area (Å²) in [5.41, 5.74) is 2.84. The fraction of sp³-hybridized carbons (Fsp3) is 0.727. The number of hydrogen-bond acceptors (Lipinski definition) is 2. The Labute approximate surface area is 85.3 Å². The molecule has 1 aromatic rings. The van der Waals surface area contributed by atoms with Crippen LogP contribution in [0.25, 0.3) is 0 Å². The van der Waals surface area contributed by atoms with Crippen LogP contribution in [0.15, 0.2) is 0 Å². The molecule has 0 atom stereocenters. The van der Waals surface area contributed by atoms with Gasteiger partial charge in [0.1, 0.15) is 0 Å². The van der Waals surface area contributed by atoms with Gasteiger partial charge in [0, 0.05) is 16.8 Å². The third-order valence-corrected chi connectivity index (χ3v) is 2.55. The number of fused-ring (bicyclic) bond motifs is 1. The van der Waals surface area contributed by atoms with Gasteiger partial charge in [-0.1, -0.05) is 0 Å². The van der Waals surface area contributed by atoms with E-state index in [1.165, 1.54) is 30.5 Å². The van der Waals surface area contributed by atoms with E-state index < -0.39 is 0 Å². The van der Waals surface area contributed by atoms with E-state index in [2.05, 4.69) is 36.3 Å². The van der Waals surface area contributed by atoms with Gasteiger partial charge in [-0.25, -0.2) is 0 Å². The first-order chi connectivity index (χ1) is 6.56. The first kappa shape index (κ1) is 9.56. The number of aryl methyl sites for hydroxylation is 1. The minimum atomic E-state index is 0.0976. The molecule has 1 aromatic heterocycles. The Balaban J connectivity index is 2.22. The third-order valence-electron chi connectivity index (χ3n) is 2.55. The largest absolute Gasteiger partial charge is 0.364 e. The SMILES string of the molecule is CC(C)(C)Nc1n[nH]c2c1CCCC2. The quantitative estimate of drug-likeness (QED) is 0.719. The maximum atomic E-state index is 4.35. The molecule has 2 rings (SSSR count). The highest BCUT2D eigenvalue weighted by atomic mass is 15.2. The van der Waals surface area contributed by atoms with E-state index in [9.17, 15) is 0 Å². The second-order valence-corrected chi connectivity index (χ2v) is 5.11. The van der Waals surface area contributed by atoms with Gasteiger partial charge in [-0.05, 0) is 46.5 Å². The lowest BCUT2D eigenvalue weighted by Crippen LogP contribution is -2.27. The van der Waals surface area contributed by atoms with Gasteiger partial charge in [0.05, 0.1) is 0 Å². The van der Waals surface area contributed by atoms with E-state index in [0.29, 0.717) is 0 Å². The minimum Gasteiger partial charge on any atom is -0.364 e. The number of H-pyrrole nitrogens is 1. The molecule has 2 N–H and O–H groups in total. The molecule has 1 aliphatic carbocycles. The molecule has 0 saturated carbocycles. The zero-order valence-electron chi connectivity index (χ0n) is 9.28. The second-order valence-electron chi connectivity index (χ2n) is 5.11. The second kappa shape index (κ2) is 3.30. The van der Waals surface area contributed by atoms with Crippen molar-refractivity contribution in [1.29, 1.82) is 0 Å². The van der Waals surface area contributed by atoms with Crippen molar-refractivity contribution in [3.05, 3.63) is 11.3 Å². The summed E-state index contributed by atoms with van der Waals surface area (Å²) < 4.78 is 0. The van der Waals surface area contributed by atoms with Crippen molar-refractivity contribution in [2.75, 3.05) is 5.32 Å². The van der Waals surface area contributed by atoms with Crippen LogP contribution in [-0.4, -0.2) is 15.7 Å². The zero-order valence-corrected chi connectivity index (χ0v) is 9.28. The zero-order chi connectivity index (χ0) is 10.2. The van der Waals surface area contributed by atoms with Crippen molar-refractivity contribution in [3.8, 4) is 0 Å². The highest BCUT2D eigenvalue weighted by Gasteiger charge is 2.19. The van der Waals surface area contributed by atoms with Gasteiger partial charge in [-0.15, -0.1) is 0 Å². The maximum Gasteiger partial charge on any atom is 0.151 e. The topological polar surface area (TPSA) is 40.7 Å². The van der Waals surface area contributed by atoms with Crippen molar-refractivity contribution in [2.24, 2.45) is 0 Å². The summed E-state index contributed by atoms with van der Waals surface area (Å²) >= 11 is 0. The Morgan fingerprint density at radius 2 is 1.93 bits per heavy atom. The van der Waals surface area contributed by atoms with Crippen molar-refractivity contribution >= 4 is 5.82 Å². The number of nitrogens with zero attached hydrogens (tertiary/aromatic N) is 1. The Bertz CT molecular complexity index is 320. The summed E-state index contributed by atoms with van der Waals surface area (Å²) in [5.74, 6) is 1.06. The monoisotopic (exact) mass is 193 g/mol. The van der Waals surface area contributed by atoms with Crippen LogP contribution in [0.3, 0.4) is 0 Å². The molecular formula is C11H19N3. The van der Waals surface area contributed by atoms with E-state index in [0.717, 1.165) is 12.2 Å². The fourth-order valence-corrected chi connectivity index (χ4v) is 1.94. The molecule has 1 heterocycles. The van der Waals surface area contributed by atoms with Crippen LogP contribution in [0.5, 0.6) is 0 Å². The number of aromatic amines is 1. The average Bonchev–Trinajstić information content (AvgIpc) is 2.47. The number of nitrogens with one attached hydrogen (secondary N) is 2. The van der Waals surface area contributed by atoms with Crippen LogP contribution in [0.4, 0.5) is 5.82 Å². The highest BCUT2D eigenvalue weighted by Crippen LogP contribution is 2.26. The van der Waals surface area contributed by atoms with Crippen LogP contribution < -0.4 is 5.32 Å². The smallest absolute Gasteiger partial charge is 0.151 e. The van der Waals surface area contributed by atoms with Gasteiger partial charge in [-0.2, -0.15) is 5.10 Å². The van der Waals surface area contributed by atoms with Crippen LogP contribution in [0, 0.1) is 0 Å². The molecular weight excluding hydrogens is 174 g/mol. The van der Waals surface area contributed by atoms with E-state index in [1.54, 1.807) is 0 Å². The van der Waals surface area contributed by atoms with Crippen molar-refractivity contribution in [1.82, 2.24) is 10.2 Å². The molecule has 0 fully saturated rings. The summed E-state index contributed by atoms with van der Waals surface area (Å²) in [6.07, 6.45) is 4.92. The molecule has 1 aliphatic rings. The van der Waals surface area contributed by atoms with Crippen LogP contribution >= 0.6 is 0 Å². The first-order valence-corrected chi connectivity index (χ1v) is 5.40. The molecule has 0 aromatic carbocycles. The van der Waals surface area contributed by atoms with Crippen molar-refractivity contribution in [3.63, 3.8) is 0 Å². The van der Waals surface area contributed by atoms with E-state index in [4.69, 9.17) is 0 Å². The summed E-state index contributed by atoms with van der Waals surface area (Å²) in [4.78, 5) is 0. The summed E-state index contributed by atoms with van der Waals surface area (Å²) in [7, 11) is 0. The molecule has 0 saturated heterocycles.